The van der Waals surface area contributed by atoms with Gasteiger partial charge in [0.2, 0.25) is 0 Å². The van der Waals surface area contributed by atoms with Gasteiger partial charge in [-0.05, 0) is 57.9 Å². The van der Waals surface area contributed by atoms with Gasteiger partial charge in [0.25, 0.3) is 0 Å². The lowest BCUT2D eigenvalue weighted by Gasteiger charge is -2.51. The molecule has 0 aromatic rings. The van der Waals surface area contributed by atoms with Crippen molar-refractivity contribution in [2.75, 3.05) is 13.2 Å². The quantitative estimate of drug-likeness (QED) is 0.804. The van der Waals surface area contributed by atoms with Gasteiger partial charge >= 0.3 is 0 Å². The maximum Gasteiger partial charge on any atom is 0.150 e. The summed E-state index contributed by atoms with van der Waals surface area (Å²) in [4.78, 5) is 14.9. The van der Waals surface area contributed by atoms with Crippen LogP contribution in [0.3, 0.4) is 0 Å². The van der Waals surface area contributed by atoms with Crippen LogP contribution in [0.25, 0.3) is 0 Å². The smallest absolute Gasteiger partial charge is 0.150 e. The fraction of sp³-hybridized carbons (Fsp3) is 0.938. The van der Waals surface area contributed by atoms with E-state index < -0.39 is 0 Å². The Morgan fingerprint density at radius 3 is 2.79 bits per heavy atom. The summed E-state index contributed by atoms with van der Waals surface area (Å²) in [7, 11) is 0. The van der Waals surface area contributed by atoms with Crippen molar-refractivity contribution in [2.24, 2.45) is 5.92 Å². The molecule has 3 heteroatoms. The van der Waals surface area contributed by atoms with Gasteiger partial charge in [0.15, 0.2) is 0 Å². The molecule has 2 fully saturated rings. The third-order valence-electron chi connectivity index (χ3n) is 5.41. The molecule has 2 rings (SSSR count). The first kappa shape index (κ1) is 15.0. The van der Waals surface area contributed by atoms with Crippen molar-refractivity contribution < 1.29 is 9.90 Å². The molecular formula is C16H29NO2. The summed E-state index contributed by atoms with van der Waals surface area (Å²) < 4.78 is 0. The number of Topliss-reactive ketones (excluding diaryl/α,β-unsaturated/α-hetero) is 1. The second kappa shape index (κ2) is 6.36. The number of hydrogen-bond acceptors (Lipinski definition) is 3. The number of aliphatic hydroxyl groups is 1. The first-order valence-corrected chi connectivity index (χ1v) is 8.05. The fourth-order valence-electron chi connectivity index (χ4n) is 4.54. The molecule has 2 aliphatic heterocycles. The number of piperidine rings is 1. The lowest BCUT2D eigenvalue weighted by atomic mass is 9.70. The van der Waals surface area contributed by atoms with E-state index in [1.807, 2.05) is 0 Å². The molecule has 3 nitrogen and oxygen atoms in total. The Bertz CT molecular complexity index is 318. The number of unbranched alkanes of at least 4 members (excludes halogenated alkanes) is 1. The Balaban J connectivity index is 2.20. The number of carbonyl (C=O) groups excluding carboxylic acids is 1. The van der Waals surface area contributed by atoms with Crippen molar-refractivity contribution in [1.29, 1.82) is 0 Å². The standard InChI is InChI=1S/C16H29NO2/c1-3-4-6-15-8-7-14(9-12-18)16(13(2)19)10-5-11-17(15)16/h14-15,18H,3-12H2,1-2H3/t14-,15-,16-/m1/s1. The van der Waals surface area contributed by atoms with E-state index in [4.69, 9.17) is 0 Å². The zero-order valence-electron chi connectivity index (χ0n) is 12.5. The molecule has 0 aromatic heterocycles. The van der Waals surface area contributed by atoms with E-state index in [2.05, 4.69) is 11.8 Å². The molecule has 0 aliphatic carbocycles. The maximum atomic E-state index is 12.4. The van der Waals surface area contributed by atoms with Crippen molar-refractivity contribution in [3.05, 3.63) is 0 Å². The summed E-state index contributed by atoms with van der Waals surface area (Å²) in [5.74, 6) is 0.708. The highest BCUT2D eigenvalue weighted by atomic mass is 16.3. The molecule has 2 aliphatic rings. The Morgan fingerprint density at radius 2 is 2.16 bits per heavy atom. The summed E-state index contributed by atoms with van der Waals surface area (Å²) in [6, 6.07) is 0.598. The van der Waals surface area contributed by atoms with Gasteiger partial charge in [0, 0.05) is 12.6 Å². The predicted octanol–water partition coefficient (Wildman–Crippen LogP) is 2.76. The minimum Gasteiger partial charge on any atom is -0.396 e. The first-order chi connectivity index (χ1) is 9.16. The zero-order valence-corrected chi connectivity index (χ0v) is 12.5. The van der Waals surface area contributed by atoms with Gasteiger partial charge in [-0.15, -0.1) is 0 Å². The predicted molar refractivity (Wildman–Crippen MR) is 77.1 cm³/mol. The van der Waals surface area contributed by atoms with Crippen LogP contribution in [0, 0.1) is 5.92 Å². The van der Waals surface area contributed by atoms with Gasteiger partial charge < -0.3 is 5.11 Å². The Morgan fingerprint density at radius 1 is 1.37 bits per heavy atom. The van der Waals surface area contributed by atoms with Crippen LogP contribution in [0.2, 0.25) is 0 Å². The van der Waals surface area contributed by atoms with Gasteiger partial charge in [0.1, 0.15) is 5.78 Å². The van der Waals surface area contributed by atoms with Gasteiger partial charge in [-0.1, -0.05) is 19.8 Å². The summed E-state index contributed by atoms with van der Waals surface area (Å²) in [6.45, 7) is 5.30. The Labute approximate surface area is 117 Å². The molecule has 110 valence electrons. The molecule has 19 heavy (non-hydrogen) atoms. The minimum absolute atomic E-state index is 0.215. The largest absolute Gasteiger partial charge is 0.396 e. The molecule has 0 aromatic carbocycles. The van der Waals surface area contributed by atoms with Gasteiger partial charge in [-0.2, -0.15) is 0 Å². The van der Waals surface area contributed by atoms with Crippen molar-refractivity contribution in [2.45, 2.75) is 76.8 Å². The van der Waals surface area contributed by atoms with Crippen molar-refractivity contribution >= 4 is 5.78 Å². The van der Waals surface area contributed by atoms with Crippen LogP contribution in [-0.2, 0) is 4.79 Å². The lowest BCUT2D eigenvalue weighted by Crippen LogP contribution is -2.61. The number of carbonyl (C=O) groups is 1. The number of rotatable bonds is 6. The summed E-state index contributed by atoms with van der Waals surface area (Å²) in [5.41, 5.74) is -0.237. The molecule has 1 N–H and O–H groups in total. The van der Waals surface area contributed by atoms with Gasteiger partial charge in [0.05, 0.1) is 5.54 Å². The fourth-order valence-corrected chi connectivity index (χ4v) is 4.54. The van der Waals surface area contributed by atoms with E-state index in [-0.39, 0.29) is 12.1 Å². The van der Waals surface area contributed by atoms with Crippen molar-refractivity contribution in [3.8, 4) is 0 Å². The van der Waals surface area contributed by atoms with Crippen molar-refractivity contribution in [3.63, 3.8) is 0 Å². The third-order valence-corrected chi connectivity index (χ3v) is 5.41. The molecule has 2 saturated heterocycles. The van der Waals surface area contributed by atoms with E-state index in [0.717, 1.165) is 32.2 Å². The van der Waals surface area contributed by atoms with Crippen molar-refractivity contribution in [1.82, 2.24) is 4.90 Å². The average Bonchev–Trinajstić information content (AvgIpc) is 2.84. The van der Waals surface area contributed by atoms with E-state index in [0.29, 0.717) is 17.7 Å². The highest BCUT2D eigenvalue weighted by molar-refractivity contribution is 5.87. The van der Waals surface area contributed by atoms with Crippen LogP contribution in [0.15, 0.2) is 0 Å². The number of ketones is 1. The molecule has 0 radical (unpaired) electrons. The van der Waals surface area contributed by atoms with Gasteiger partial charge in [-0.3, -0.25) is 9.69 Å². The van der Waals surface area contributed by atoms with Gasteiger partial charge in [-0.25, -0.2) is 0 Å². The van der Waals surface area contributed by atoms with Crippen LogP contribution < -0.4 is 0 Å². The Kier molecular flexibility index (Phi) is 5.02. The maximum absolute atomic E-state index is 12.4. The van der Waals surface area contributed by atoms with Crippen LogP contribution in [-0.4, -0.2) is 40.5 Å². The SMILES string of the molecule is CCCC[C@@H]1CC[C@H](CCO)[C@]2(C(C)=O)CCCN12. The molecule has 0 saturated carbocycles. The molecule has 0 amide bonds. The minimum atomic E-state index is -0.237. The number of aliphatic hydroxyl groups excluding tert-OH is 1. The summed E-state index contributed by atoms with van der Waals surface area (Å²) in [6.07, 6.45) is 9.00. The molecule has 0 bridgehead atoms. The topological polar surface area (TPSA) is 40.5 Å². The number of hydrogen-bond donors (Lipinski definition) is 1. The third kappa shape index (κ3) is 2.59. The van der Waals surface area contributed by atoms with Crippen LogP contribution in [0.1, 0.15) is 65.2 Å². The monoisotopic (exact) mass is 267 g/mol. The van der Waals surface area contributed by atoms with E-state index in [1.165, 1.54) is 25.7 Å². The normalized spacial score (nSPS) is 35.3. The second-order valence-corrected chi connectivity index (χ2v) is 6.36. The second-order valence-electron chi connectivity index (χ2n) is 6.36. The van der Waals surface area contributed by atoms with E-state index in [9.17, 15) is 9.90 Å². The molecule has 0 spiro atoms. The number of fused-ring (bicyclic) bond motifs is 1. The van der Waals surface area contributed by atoms with E-state index >= 15 is 0 Å². The Hall–Kier alpha value is -0.410. The average molecular weight is 267 g/mol. The highest BCUT2D eigenvalue weighted by Crippen LogP contribution is 2.47. The number of nitrogens with zero attached hydrogens (tertiary/aromatic N) is 1. The van der Waals surface area contributed by atoms with Crippen LogP contribution in [0.5, 0.6) is 0 Å². The molecular weight excluding hydrogens is 238 g/mol. The lowest BCUT2D eigenvalue weighted by molar-refractivity contribution is -0.137. The first-order valence-electron chi connectivity index (χ1n) is 8.05. The molecule has 2 heterocycles. The summed E-state index contributed by atoms with van der Waals surface area (Å²) in [5, 5.41) is 9.31. The van der Waals surface area contributed by atoms with Crippen LogP contribution >= 0.6 is 0 Å². The summed E-state index contributed by atoms with van der Waals surface area (Å²) >= 11 is 0. The highest BCUT2D eigenvalue weighted by Gasteiger charge is 2.54. The molecule has 0 unspecified atom stereocenters. The van der Waals surface area contributed by atoms with E-state index in [1.54, 1.807) is 6.92 Å². The zero-order chi connectivity index (χ0) is 13.9. The molecule has 3 atom stereocenters. The van der Waals surface area contributed by atoms with Crippen LogP contribution in [0.4, 0.5) is 0 Å².